The highest BCUT2D eigenvalue weighted by molar-refractivity contribution is 5.93. The fourth-order valence-corrected chi connectivity index (χ4v) is 1.02. The molecule has 1 rings (SSSR count). The molecule has 0 heterocycles. The molecule has 0 atom stereocenters. The minimum atomic E-state index is 0.212. The van der Waals surface area contributed by atoms with E-state index in [1.165, 1.54) is 5.57 Å². The summed E-state index contributed by atoms with van der Waals surface area (Å²) in [6.45, 7) is 3.72. The third-order valence-electron chi connectivity index (χ3n) is 1.79. The van der Waals surface area contributed by atoms with Gasteiger partial charge >= 0.3 is 0 Å². The first-order valence-electron chi connectivity index (χ1n) is 3.56. The Kier molecular flexibility index (Phi) is 2.05. The van der Waals surface area contributed by atoms with E-state index in [1.54, 1.807) is 6.92 Å². The molecular formula is C9H12O. The van der Waals surface area contributed by atoms with Crippen molar-refractivity contribution in [3.63, 3.8) is 0 Å². The van der Waals surface area contributed by atoms with Gasteiger partial charge in [0.05, 0.1) is 0 Å². The molecule has 10 heavy (non-hydrogen) atoms. The maximum Gasteiger partial charge on any atom is 0.155 e. The van der Waals surface area contributed by atoms with Gasteiger partial charge in [-0.2, -0.15) is 0 Å². The fraction of sp³-hybridized carbons (Fsp3) is 0.444. The molecule has 0 spiro atoms. The van der Waals surface area contributed by atoms with Gasteiger partial charge in [-0.1, -0.05) is 17.7 Å². The molecule has 1 aliphatic rings. The lowest BCUT2D eigenvalue weighted by atomic mass is 9.98. The van der Waals surface area contributed by atoms with E-state index in [1.807, 2.05) is 6.08 Å². The van der Waals surface area contributed by atoms with Crippen LogP contribution in [0.3, 0.4) is 0 Å². The van der Waals surface area contributed by atoms with E-state index >= 15 is 0 Å². The number of rotatable bonds is 1. The first kappa shape index (κ1) is 7.26. The van der Waals surface area contributed by atoms with Crippen molar-refractivity contribution < 1.29 is 4.79 Å². The highest BCUT2D eigenvalue weighted by Crippen LogP contribution is 2.16. The molecule has 0 bridgehead atoms. The molecular weight excluding hydrogens is 124 g/mol. The average Bonchev–Trinajstić information content (AvgIpc) is 1.88. The molecule has 0 aliphatic heterocycles. The third kappa shape index (κ3) is 1.56. The molecule has 0 aromatic carbocycles. The third-order valence-corrected chi connectivity index (χ3v) is 1.79. The lowest BCUT2D eigenvalue weighted by Gasteiger charge is -2.07. The SMILES string of the molecule is CC(=O)C1=CCC(C)=CC1. The summed E-state index contributed by atoms with van der Waals surface area (Å²) >= 11 is 0. The van der Waals surface area contributed by atoms with Crippen molar-refractivity contribution >= 4 is 5.78 Å². The molecule has 1 heteroatoms. The van der Waals surface area contributed by atoms with E-state index in [-0.39, 0.29) is 5.78 Å². The van der Waals surface area contributed by atoms with Gasteiger partial charge in [0.1, 0.15) is 0 Å². The van der Waals surface area contributed by atoms with Gasteiger partial charge in [-0.05, 0) is 32.3 Å². The Balaban J connectivity index is 2.62. The van der Waals surface area contributed by atoms with Crippen molar-refractivity contribution in [3.8, 4) is 0 Å². The molecule has 1 aliphatic carbocycles. The zero-order valence-electron chi connectivity index (χ0n) is 6.48. The second kappa shape index (κ2) is 2.82. The van der Waals surface area contributed by atoms with Crippen molar-refractivity contribution in [1.82, 2.24) is 0 Å². The number of carbonyl (C=O) groups excluding carboxylic acids is 1. The molecule has 0 saturated carbocycles. The van der Waals surface area contributed by atoms with Gasteiger partial charge in [0.2, 0.25) is 0 Å². The zero-order chi connectivity index (χ0) is 7.56. The number of Topliss-reactive ketones (excluding diaryl/α,β-unsaturated/α-hetero) is 1. The monoisotopic (exact) mass is 136 g/mol. The van der Waals surface area contributed by atoms with Crippen molar-refractivity contribution in [2.45, 2.75) is 26.7 Å². The summed E-state index contributed by atoms with van der Waals surface area (Å²) in [4.78, 5) is 10.8. The van der Waals surface area contributed by atoms with Crippen molar-refractivity contribution in [1.29, 1.82) is 0 Å². The van der Waals surface area contributed by atoms with Gasteiger partial charge in [-0.15, -0.1) is 0 Å². The maximum absolute atomic E-state index is 10.8. The molecule has 0 saturated heterocycles. The van der Waals surface area contributed by atoms with Crippen molar-refractivity contribution in [3.05, 3.63) is 23.3 Å². The highest BCUT2D eigenvalue weighted by Gasteiger charge is 2.05. The standard InChI is InChI=1S/C9H12O/c1-7-3-5-9(6-4-7)8(2)10/h3,6H,4-5H2,1-2H3. The van der Waals surface area contributed by atoms with Crippen LogP contribution in [0.5, 0.6) is 0 Å². The van der Waals surface area contributed by atoms with Crippen LogP contribution in [0.1, 0.15) is 26.7 Å². The number of allylic oxidation sites excluding steroid dienone is 4. The first-order valence-corrected chi connectivity index (χ1v) is 3.56. The summed E-state index contributed by atoms with van der Waals surface area (Å²) in [6, 6.07) is 0. The van der Waals surface area contributed by atoms with Gasteiger partial charge in [-0.25, -0.2) is 0 Å². The van der Waals surface area contributed by atoms with Crippen LogP contribution >= 0.6 is 0 Å². The highest BCUT2D eigenvalue weighted by atomic mass is 16.1. The Labute approximate surface area is 61.4 Å². The molecule has 0 N–H and O–H groups in total. The van der Waals surface area contributed by atoms with Gasteiger partial charge in [0, 0.05) is 0 Å². The molecule has 0 aromatic heterocycles. The Bertz CT molecular complexity index is 209. The average molecular weight is 136 g/mol. The minimum Gasteiger partial charge on any atom is -0.295 e. The predicted octanol–water partition coefficient (Wildman–Crippen LogP) is 2.24. The number of carbonyl (C=O) groups is 1. The quantitative estimate of drug-likeness (QED) is 0.505. The van der Waals surface area contributed by atoms with Crippen molar-refractivity contribution in [2.75, 3.05) is 0 Å². The van der Waals surface area contributed by atoms with E-state index in [4.69, 9.17) is 0 Å². The van der Waals surface area contributed by atoms with Crippen molar-refractivity contribution in [2.24, 2.45) is 0 Å². The van der Waals surface area contributed by atoms with Crippen LogP contribution in [-0.2, 0) is 4.79 Å². The summed E-state index contributed by atoms with van der Waals surface area (Å²) in [7, 11) is 0. The minimum absolute atomic E-state index is 0.212. The van der Waals surface area contributed by atoms with Gasteiger partial charge in [-0.3, -0.25) is 4.79 Å². The predicted molar refractivity (Wildman–Crippen MR) is 41.8 cm³/mol. The normalized spacial score (nSPS) is 17.8. The molecule has 54 valence electrons. The van der Waals surface area contributed by atoms with Crippen LogP contribution in [0.25, 0.3) is 0 Å². The molecule has 1 nitrogen and oxygen atoms in total. The topological polar surface area (TPSA) is 17.1 Å². The van der Waals surface area contributed by atoms with Crippen LogP contribution < -0.4 is 0 Å². The smallest absolute Gasteiger partial charge is 0.155 e. The van der Waals surface area contributed by atoms with E-state index < -0.39 is 0 Å². The lowest BCUT2D eigenvalue weighted by Crippen LogP contribution is -1.98. The molecule has 0 aromatic rings. The molecule has 0 unspecified atom stereocenters. The van der Waals surface area contributed by atoms with Crippen LogP contribution in [0.4, 0.5) is 0 Å². The summed E-state index contributed by atoms with van der Waals surface area (Å²) in [5.41, 5.74) is 2.33. The van der Waals surface area contributed by atoms with Crippen LogP contribution in [-0.4, -0.2) is 5.78 Å². The Hall–Kier alpha value is -0.850. The van der Waals surface area contributed by atoms with Crippen LogP contribution in [0.15, 0.2) is 23.3 Å². The summed E-state index contributed by atoms with van der Waals surface area (Å²) in [5, 5.41) is 0. The Morgan fingerprint density at radius 3 is 2.50 bits per heavy atom. The number of ketones is 1. The van der Waals surface area contributed by atoms with E-state index in [9.17, 15) is 4.79 Å². The Morgan fingerprint density at radius 2 is 2.10 bits per heavy atom. The number of hydrogen-bond donors (Lipinski definition) is 0. The molecule has 0 fully saturated rings. The summed E-state index contributed by atoms with van der Waals surface area (Å²) < 4.78 is 0. The largest absolute Gasteiger partial charge is 0.295 e. The lowest BCUT2D eigenvalue weighted by molar-refractivity contribution is -0.113. The van der Waals surface area contributed by atoms with E-state index in [0.29, 0.717) is 0 Å². The second-order valence-electron chi connectivity index (χ2n) is 2.74. The fourth-order valence-electron chi connectivity index (χ4n) is 1.02. The van der Waals surface area contributed by atoms with Crippen LogP contribution in [0, 0.1) is 0 Å². The van der Waals surface area contributed by atoms with E-state index in [2.05, 4.69) is 13.0 Å². The Morgan fingerprint density at radius 1 is 1.40 bits per heavy atom. The molecule has 0 amide bonds. The maximum atomic E-state index is 10.8. The second-order valence-corrected chi connectivity index (χ2v) is 2.74. The first-order chi connectivity index (χ1) is 4.70. The van der Waals surface area contributed by atoms with Gasteiger partial charge in [0.25, 0.3) is 0 Å². The van der Waals surface area contributed by atoms with Gasteiger partial charge in [0.15, 0.2) is 5.78 Å². The molecule has 0 radical (unpaired) electrons. The zero-order valence-corrected chi connectivity index (χ0v) is 6.48. The van der Waals surface area contributed by atoms with Crippen LogP contribution in [0.2, 0.25) is 0 Å². The van der Waals surface area contributed by atoms with E-state index in [0.717, 1.165) is 18.4 Å². The summed E-state index contributed by atoms with van der Waals surface area (Å²) in [5.74, 6) is 0.212. The van der Waals surface area contributed by atoms with Gasteiger partial charge < -0.3 is 0 Å². The number of hydrogen-bond acceptors (Lipinski definition) is 1. The summed E-state index contributed by atoms with van der Waals surface area (Å²) in [6.07, 6.45) is 5.94.